The Morgan fingerprint density at radius 3 is 3.00 bits per heavy atom. The molecule has 1 aliphatic rings. The first-order valence-corrected chi connectivity index (χ1v) is 6.26. The fraction of sp³-hybridized carbons (Fsp3) is 0.500. The maximum atomic E-state index is 13.2. The Morgan fingerprint density at radius 1 is 1.56 bits per heavy atom. The molecule has 1 saturated heterocycles. The molecule has 1 aromatic rings. The Morgan fingerprint density at radius 2 is 2.33 bits per heavy atom. The van der Waals surface area contributed by atoms with Crippen LogP contribution in [0, 0.1) is 23.1 Å². The third kappa shape index (κ3) is 2.87. The minimum atomic E-state index is -0.293. The summed E-state index contributed by atoms with van der Waals surface area (Å²) < 4.78 is 13.2. The van der Waals surface area contributed by atoms with Crippen molar-refractivity contribution in [2.45, 2.75) is 25.9 Å². The number of nitrogens with two attached hydrogens (primary N) is 1. The lowest BCUT2D eigenvalue weighted by atomic mass is 9.94. The first kappa shape index (κ1) is 13.0. The minimum Gasteiger partial charge on any atom is -0.326 e. The highest BCUT2D eigenvalue weighted by Gasteiger charge is 2.23. The molecule has 0 amide bonds. The van der Waals surface area contributed by atoms with Gasteiger partial charge in [-0.15, -0.1) is 0 Å². The highest BCUT2D eigenvalue weighted by atomic mass is 19.1. The number of benzene rings is 1. The van der Waals surface area contributed by atoms with E-state index < -0.39 is 0 Å². The predicted molar refractivity (Wildman–Crippen MR) is 68.1 cm³/mol. The van der Waals surface area contributed by atoms with E-state index in [1.807, 2.05) is 0 Å². The van der Waals surface area contributed by atoms with Crippen LogP contribution in [-0.4, -0.2) is 24.0 Å². The molecule has 0 radical (unpaired) electrons. The van der Waals surface area contributed by atoms with E-state index in [9.17, 15) is 4.39 Å². The lowest BCUT2D eigenvalue weighted by Crippen LogP contribution is -2.47. The van der Waals surface area contributed by atoms with E-state index in [0.29, 0.717) is 18.0 Å². The second kappa shape index (κ2) is 5.47. The zero-order valence-corrected chi connectivity index (χ0v) is 10.6. The molecular formula is C14H18FN3. The zero-order valence-electron chi connectivity index (χ0n) is 10.6. The van der Waals surface area contributed by atoms with Crippen molar-refractivity contribution >= 4 is 0 Å². The second-order valence-corrected chi connectivity index (χ2v) is 5.08. The molecule has 2 rings (SSSR count). The summed E-state index contributed by atoms with van der Waals surface area (Å²) in [6.45, 7) is 4.52. The van der Waals surface area contributed by atoms with E-state index >= 15 is 0 Å². The maximum Gasteiger partial charge on any atom is 0.123 e. The topological polar surface area (TPSA) is 53.0 Å². The van der Waals surface area contributed by atoms with Gasteiger partial charge in [0.2, 0.25) is 0 Å². The smallest absolute Gasteiger partial charge is 0.123 e. The molecule has 0 aromatic heterocycles. The minimum absolute atomic E-state index is 0.165. The quantitative estimate of drug-likeness (QED) is 0.868. The Hall–Kier alpha value is -1.44. The van der Waals surface area contributed by atoms with Gasteiger partial charge in [-0.2, -0.15) is 5.26 Å². The van der Waals surface area contributed by atoms with E-state index in [-0.39, 0.29) is 11.9 Å². The Kier molecular flexibility index (Phi) is 3.95. The van der Waals surface area contributed by atoms with Crippen molar-refractivity contribution in [1.82, 2.24) is 4.90 Å². The van der Waals surface area contributed by atoms with Crippen molar-refractivity contribution in [3.63, 3.8) is 0 Å². The van der Waals surface area contributed by atoms with E-state index in [1.54, 1.807) is 0 Å². The van der Waals surface area contributed by atoms with Crippen LogP contribution >= 0.6 is 0 Å². The standard InChI is InChI=1S/C14H18FN3/c1-10-4-5-18(9-14(10)17)8-12-6-13(15)3-2-11(12)7-16/h2-3,6,10,14H,4-5,8-9,17H2,1H3. The zero-order chi connectivity index (χ0) is 13.1. The molecule has 4 heteroatoms. The Labute approximate surface area is 107 Å². The van der Waals surface area contributed by atoms with Gasteiger partial charge < -0.3 is 5.73 Å². The number of hydrogen-bond acceptors (Lipinski definition) is 3. The first-order valence-electron chi connectivity index (χ1n) is 6.26. The molecular weight excluding hydrogens is 229 g/mol. The van der Waals surface area contributed by atoms with Crippen LogP contribution in [0.3, 0.4) is 0 Å². The molecule has 3 nitrogen and oxygen atoms in total. The molecule has 96 valence electrons. The molecule has 1 aromatic carbocycles. The van der Waals surface area contributed by atoms with E-state index in [2.05, 4.69) is 17.9 Å². The van der Waals surface area contributed by atoms with Gasteiger partial charge in [0, 0.05) is 19.1 Å². The van der Waals surface area contributed by atoms with Crippen molar-refractivity contribution in [3.05, 3.63) is 35.1 Å². The molecule has 1 fully saturated rings. The molecule has 2 N–H and O–H groups in total. The monoisotopic (exact) mass is 247 g/mol. The van der Waals surface area contributed by atoms with Crippen molar-refractivity contribution in [2.75, 3.05) is 13.1 Å². The van der Waals surface area contributed by atoms with Gasteiger partial charge >= 0.3 is 0 Å². The number of piperidine rings is 1. The fourth-order valence-electron chi connectivity index (χ4n) is 2.36. The summed E-state index contributed by atoms with van der Waals surface area (Å²) in [6.07, 6.45) is 1.05. The highest BCUT2D eigenvalue weighted by Crippen LogP contribution is 2.19. The fourth-order valence-corrected chi connectivity index (χ4v) is 2.36. The molecule has 0 saturated carbocycles. The highest BCUT2D eigenvalue weighted by molar-refractivity contribution is 5.37. The number of nitrogens with zero attached hydrogens (tertiary/aromatic N) is 2. The van der Waals surface area contributed by atoms with Crippen LogP contribution in [0.15, 0.2) is 18.2 Å². The van der Waals surface area contributed by atoms with Crippen LogP contribution in [0.2, 0.25) is 0 Å². The summed E-state index contributed by atoms with van der Waals surface area (Å²) in [7, 11) is 0. The molecule has 2 atom stereocenters. The molecule has 0 spiro atoms. The van der Waals surface area contributed by atoms with Gasteiger partial charge in [0.1, 0.15) is 5.82 Å². The molecule has 1 heterocycles. The van der Waals surface area contributed by atoms with E-state index in [4.69, 9.17) is 11.0 Å². The summed E-state index contributed by atoms with van der Waals surface area (Å²) in [5, 5.41) is 9.02. The second-order valence-electron chi connectivity index (χ2n) is 5.08. The third-order valence-corrected chi connectivity index (χ3v) is 3.68. The van der Waals surface area contributed by atoms with Crippen LogP contribution in [0.5, 0.6) is 0 Å². The van der Waals surface area contributed by atoms with Gasteiger partial charge in [0.15, 0.2) is 0 Å². The number of halogens is 1. The largest absolute Gasteiger partial charge is 0.326 e. The lowest BCUT2D eigenvalue weighted by Gasteiger charge is -2.35. The number of nitriles is 1. The van der Waals surface area contributed by atoms with Gasteiger partial charge in [-0.3, -0.25) is 4.90 Å². The summed E-state index contributed by atoms with van der Waals surface area (Å²) in [5.74, 6) is 0.239. The van der Waals surface area contributed by atoms with Gasteiger partial charge in [-0.05, 0) is 42.6 Å². The van der Waals surface area contributed by atoms with Crippen LogP contribution in [0.4, 0.5) is 4.39 Å². The molecule has 18 heavy (non-hydrogen) atoms. The van der Waals surface area contributed by atoms with Gasteiger partial charge in [0.25, 0.3) is 0 Å². The van der Waals surface area contributed by atoms with Crippen molar-refractivity contribution < 1.29 is 4.39 Å². The van der Waals surface area contributed by atoms with Gasteiger partial charge in [0.05, 0.1) is 11.6 Å². The Balaban J connectivity index is 2.10. The summed E-state index contributed by atoms with van der Waals surface area (Å²) in [5.41, 5.74) is 7.34. The Bertz CT molecular complexity index is 467. The summed E-state index contributed by atoms with van der Waals surface area (Å²) in [6, 6.07) is 6.58. The van der Waals surface area contributed by atoms with Gasteiger partial charge in [-0.25, -0.2) is 4.39 Å². The molecule has 0 bridgehead atoms. The summed E-state index contributed by atoms with van der Waals surface area (Å²) in [4.78, 5) is 2.19. The maximum absolute atomic E-state index is 13.2. The number of rotatable bonds is 2. The average Bonchev–Trinajstić information content (AvgIpc) is 2.34. The number of hydrogen-bond donors (Lipinski definition) is 1. The molecule has 1 aliphatic heterocycles. The van der Waals surface area contributed by atoms with Crippen molar-refractivity contribution in [3.8, 4) is 6.07 Å². The van der Waals surface area contributed by atoms with E-state index in [0.717, 1.165) is 25.1 Å². The molecule has 2 unspecified atom stereocenters. The van der Waals surface area contributed by atoms with Crippen LogP contribution in [0.1, 0.15) is 24.5 Å². The van der Waals surface area contributed by atoms with Crippen LogP contribution < -0.4 is 5.73 Å². The summed E-state index contributed by atoms with van der Waals surface area (Å²) >= 11 is 0. The normalized spacial score (nSPS) is 24.8. The number of likely N-dealkylation sites (tertiary alicyclic amines) is 1. The van der Waals surface area contributed by atoms with Crippen LogP contribution in [-0.2, 0) is 6.54 Å². The molecule has 0 aliphatic carbocycles. The predicted octanol–water partition coefficient (Wildman–Crippen LogP) is 1.87. The van der Waals surface area contributed by atoms with Crippen molar-refractivity contribution in [1.29, 1.82) is 5.26 Å². The van der Waals surface area contributed by atoms with Gasteiger partial charge in [-0.1, -0.05) is 6.92 Å². The van der Waals surface area contributed by atoms with Crippen LogP contribution in [0.25, 0.3) is 0 Å². The third-order valence-electron chi connectivity index (χ3n) is 3.68. The van der Waals surface area contributed by atoms with Crippen molar-refractivity contribution in [2.24, 2.45) is 11.7 Å². The SMILES string of the molecule is CC1CCN(Cc2cc(F)ccc2C#N)CC1N. The van der Waals surface area contributed by atoms with E-state index in [1.165, 1.54) is 18.2 Å². The lowest BCUT2D eigenvalue weighted by molar-refractivity contribution is 0.162. The average molecular weight is 247 g/mol. The first-order chi connectivity index (χ1) is 8.60.